The summed E-state index contributed by atoms with van der Waals surface area (Å²) >= 11 is 1.57. The second kappa shape index (κ2) is 6.58. The van der Waals surface area contributed by atoms with Crippen LogP contribution in [-0.2, 0) is 6.54 Å². The topological polar surface area (TPSA) is 36.4 Å². The van der Waals surface area contributed by atoms with Gasteiger partial charge < -0.3 is 9.80 Å². The molecule has 2 aromatic heterocycles. The van der Waals surface area contributed by atoms with Gasteiger partial charge in [-0.15, -0.1) is 0 Å². The quantitative estimate of drug-likeness (QED) is 0.869. The van der Waals surface area contributed by atoms with Gasteiger partial charge >= 0.3 is 0 Å². The van der Waals surface area contributed by atoms with Gasteiger partial charge in [0.25, 0.3) is 5.91 Å². The van der Waals surface area contributed by atoms with Crippen molar-refractivity contribution in [1.82, 2.24) is 14.8 Å². The second-order valence-electron chi connectivity index (χ2n) is 5.99. The number of hydrogen-bond donors (Lipinski definition) is 0. The van der Waals surface area contributed by atoms with Crippen LogP contribution in [0, 0.1) is 0 Å². The number of likely N-dealkylation sites (tertiary alicyclic amines) is 1. The number of thiophene rings is 1. The Morgan fingerprint density at radius 3 is 3.05 bits per heavy atom. The van der Waals surface area contributed by atoms with Gasteiger partial charge in [-0.1, -0.05) is 0 Å². The highest BCUT2D eigenvalue weighted by atomic mass is 32.1. The summed E-state index contributed by atoms with van der Waals surface area (Å²) in [7, 11) is 4.08. The van der Waals surface area contributed by atoms with Crippen molar-refractivity contribution >= 4 is 17.2 Å². The first kappa shape index (κ1) is 15.2. The lowest BCUT2D eigenvalue weighted by Gasteiger charge is -2.25. The zero-order valence-electron chi connectivity index (χ0n) is 13.0. The minimum atomic E-state index is 0.148. The van der Waals surface area contributed by atoms with Crippen molar-refractivity contribution in [2.45, 2.75) is 25.4 Å². The molecular weight excluding hydrogens is 294 g/mol. The minimum absolute atomic E-state index is 0.148. The number of pyridine rings is 1. The fourth-order valence-corrected chi connectivity index (χ4v) is 3.65. The Morgan fingerprint density at radius 2 is 2.32 bits per heavy atom. The molecule has 3 rings (SSSR count). The van der Waals surface area contributed by atoms with E-state index in [1.807, 2.05) is 48.1 Å². The highest BCUT2D eigenvalue weighted by Gasteiger charge is 2.30. The third-order valence-electron chi connectivity index (χ3n) is 3.99. The van der Waals surface area contributed by atoms with E-state index in [1.165, 1.54) is 5.56 Å². The molecule has 5 heteroatoms. The van der Waals surface area contributed by atoms with Crippen molar-refractivity contribution in [1.29, 1.82) is 0 Å². The number of nitrogens with zero attached hydrogens (tertiary/aromatic N) is 3. The number of carbonyl (C=O) groups excluding carboxylic acids is 1. The van der Waals surface area contributed by atoms with E-state index in [-0.39, 0.29) is 11.9 Å². The lowest BCUT2D eigenvalue weighted by molar-refractivity contribution is 0.0736. The fourth-order valence-electron chi connectivity index (χ4n) is 3.02. The molecule has 1 aliphatic heterocycles. The summed E-state index contributed by atoms with van der Waals surface area (Å²) in [5, 5.41) is 3.89. The van der Waals surface area contributed by atoms with E-state index in [0.717, 1.165) is 37.2 Å². The summed E-state index contributed by atoms with van der Waals surface area (Å²) < 4.78 is 0. The van der Waals surface area contributed by atoms with Crippen molar-refractivity contribution < 1.29 is 4.79 Å². The first-order chi connectivity index (χ1) is 10.6. The van der Waals surface area contributed by atoms with Crippen LogP contribution in [0.5, 0.6) is 0 Å². The highest BCUT2D eigenvalue weighted by molar-refractivity contribution is 7.08. The molecule has 1 amide bonds. The average Bonchev–Trinajstić information content (AvgIpc) is 3.18. The van der Waals surface area contributed by atoms with E-state index in [0.29, 0.717) is 0 Å². The summed E-state index contributed by atoms with van der Waals surface area (Å²) in [4.78, 5) is 21.2. The van der Waals surface area contributed by atoms with Gasteiger partial charge in [-0.05, 0) is 56.1 Å². The average molecular weight is 315 g/mol. The largest absolute Gasteiger partial charge is 0.332 e. The highest BCUT2D eigenvalue weighted by Crippen LogP contribution is 2.33. The Labute approximate surface area is 135 Å². The maximum Gasteiger partial charge on any atom is 0.255 e. The molecule has 0 saturated carbocycles. The number of carbonyl (C=O) groups is 1. The van der Waals surface area contributed by atoms with Crippen LogP contribution in [0.1, 0.15) is 40.5 Å². The van der Waals surface area contributed by atoms with Crippen molar-refractivity contribution in [2.24, 2.45) is 0 Å². The maximum absolute atomic E-state index is 12.7. The van der Waals surface area contributed by atoms with Crippen LogP contribution in [0.15, 0.2) is 35.2 Å². The summed E-state index contributed by atoms with van der Waals surface area (Å²) in [6, 6.07) is 6.27. The zero-order chi connectivity index (χ0) is 15.5. The molecule has 0 unspecified atom stereocenters. The number of aromatic nitrogens is 1. The van der Waals surface area contributed by atoms with E-state index >= 15 is 0 Å². The summed E-state index contributed by atoms with van der Waals surface area (Å²) in [5.74, 6) is 0.148. The van der Waals surface area contributed by atoms with Crippen LogP contribution in [0.3, 0.4) is 0 Å². The van der Waals surface area contributed by atoms with Gasteiger partial charge in [-0.25, -0.2) is 0 Å². The smallest absolute Gasteiger partial charge is 0.255 e. The molecule has 22 heavy (non-hydrogen) atoms. The first-order valence-corrected chi connectivity index (χ1v) is 8.52. The molecule has 1 saturated heterocycles. The van der Waals surface area contributed by atoms with Crippen LogP contribution in [-0.4, -0.2) is 41.3 Å². The van der Waals surface area contributed by atoms with Crippen LogP contribution >= 0.6 is 11.3 Å². The van der Waals surface area contributed by atoms with Crippen LogP contribution in [0.25, 0.3) is 0 Å². The summed E-state index contributed by atoms with van der Waals surface area (Å²) in [5.41, 5.74) is 3.06. The molecule has 1 atom stereocenters. The normalized spacial score (nSPS) is 18.1. The lowest BCUT2D eigenvalue weighted by Crippen LogP contribution is -2.30. The molecule has 3 heterocycles. The Kier molecular flexibility index (Phi) is 4.55. The van der Waals surface area contributed by atoms with Crippen molar-refractivity contribution in [3.8, 4) is 0 Å². The van der Waals surface area contributed by atoms with E-state index in [1.54, 1.807) is 11.3 Å². The van der Waals surface area contributed by atoms with Gasteiger partial charge in [0.05, 0.1) is 17.3 Å². The molecule has 0 spiro atoms. The third kappa shape index (κ3) is 3.20. The van der Waals surface area contributed by atoms with E-state index in [4.69, 9.17) is 0 Å². The molecule has 116 valence electrons. The SMILES string of the molecule is CN(C)Cc1cc([C@H]2CCCN2C(=O)c2ccsc2)ccn1. The molecule has 0 N–H and O–H groups in total. The van der Waals surface area contributed by atoms with E-state index in [9.17, 15) is 4.79 Å². The van der Waals surface area contributed by atoms with Gasteiger partial charge in [-0.3, -0.25) is 9.78 Å². The Balaban J connectivity index is 1.82. The van der Waals surface area contributed by atoms with Gasteiger partial charge in [0.2, 0.25) is 0 Å². The van der Waals surface area contributed by atoms with Crippen LogP contribution in [0.2, 0.25) is 0 Å². The molecule has 0 radical (unpaired) electrons. The molecule has 1 fully saturated rings. The van der Waals surface area contributed by atoms with E-state index < -0.39 is 0 Å². The molecular formula is C17H21N3OS. The summed E-state index contributed by atoms with van der Waals surface area (Å²) in [6.45, 7) is 1.66. The Morgan fingerprint density at radius 1 is 1.45 bits per heavy atom. The molecule has 2 aromatic rings. The lowest BCUT2D eigenvalue weighted by atomic mass is 10.0. The Bertz CT molecular complexity index is 639. The standard InChI is InChI=1S/C17H21N3OS/c1-19(2)11-15-10-13(5-7-18-15)16-4-3-8-20(16)17(21)14-6-9-22-12-14/h5-7,9-10,12,16H,3-4,8,11H2,1-2H3/t16-/m1/s1. The fraction of sp³-hybridized carbons (Fsp3) is 0.412. The van der Waals surface area contributed by atoms with Crippen LogP contribution in [0.4, 0.5) is 0 Å². The van der Waals surface area contributed by atoms with Gasteiger partial charge in [0.1, 0.15) is 0 Å². The number of hydrogen-bond acceptors (Lipinski definition) is 4. The third-order valence-corrected chi connectivity index (χ3v) is 4.67. The molecule has 1 aliphatic rings. The summed E-state index contributed by atoms with van der Waals surface area (Å²) in [6.07, 6.45) is 3.95. The van der Waals surface area contributed by atoms with Crippen molar-refractivity contribution in [3.05, 3.63) is 52.0 Å². The van der Waals surface area contributed by atoms with Crippen LogP contribution < -0.4 is 0 Å². The zero-order valence-corrected chi connectivity index (χ0v) is 13.8. The molecule has 4 nitrogen and oxygen atoms in total. The van der Waals surface area contributed by atoms with Gasteiger partial charge in [-0.2, -0.15) is 11.3 Å². The van der Waals surface area contributed by atoms with Gasteiger partial charge in [0.15, 0.2) is 0 Å². The van der Waals surface area contributed by atoms with Crippen molar-refractivity contribution in [2.75, 3.05) is 20.6 Å². The Hall–Kier alpha value is -1.72. The first-order valence-electron chi connectivity index (χ1n) is 7.58. The maximum atomic E-state index is 12.7. The number of amides is 1. The van der Waals surface area contributed by atoms with Crippen molar-refractivity contribution in [3.63, 3.8) is 0 Å². The van der Waals surface area contributed by atoms with E-state index in [2.05, 4.69) is 16.0 Å². The molecule has 0 aromatic carbocycles. The minimum Gasteiger partial charge on any atom is -0.332 e. The molecule has 0 bridgehead atoms. The number of rotatable bonds is 4. The van der Waals surface area contributed by atoms with Gasteiger partial charge in [0, 0.05) is 24.7 Å². The monoisotopic (exact) mass is 315 g/mol. The predicted octanol–water partition coefficient (Wildman–Crippen LogP) is 3.18. The second-order valence-corrected chi connectivity index (χ2v) is 6.77. The molecule has 0 aliphatic carbocycles. The predicted molar refractivity (Wildman–Crippen MR) is 89.0 cm³/mol.